The van der Waals surface area contributed by atoms with Gasteiger partial charge in [0.25, 0.3) is 0 Å². The third-order valence-corrected chi connectivity index (χ3v) is 4.57. The van der Waals surface area contributed by atoms with Crippen LogP contribution in [0.3, 0.4) is 0 Å². The fraction of sp³-hybridized carbons (Fsp3) is 0.846. The van der Waals surface area contributed by atoms with Crippen LogP contribution >= 0.6 is 0 Å². The molecule has 2 aliphatic rings. The Kier molecular flexibility index (Phi) is 2.92. The molecule has 2 fully saturated rings. The van der Waals surface area contributed by atoms with Crippen LogP contribution in [0, 0.1) is 5.41 Å². The zero-order valence-corrected chi connectivity index (χ0v) is 10.7. The van der Waals surface area contributed by atoms with Crippen LogP contribution in [0.1, 0.15) is 52.4 Å². The minimum absolute atomic E-state index is 0.0531. The molecule has 1 saturated carbocycles. The van der Waals surface area contributed by atoms with Crippen LogP contribution in [0.2, 0.25) is 0 Å². The molecule has 2 rings (SSSR count). The Balaban J connectivity index is 2.22. The molecule has 17 heavy (non-hydrogen) atoms. The lowest BCUT2D eigenvalue weighted by Gasteiger charge is -2.37. The second-order valence-electron chi connectivity index (χ2n) is 5.91. The van der Waals surface area contributed by atoms with Crippen LogP contribution in [0.25, 0.3) is 0 Å². The van der Waals surface area contributed by atoms with E-state index in [2.05, 4.69) is 0 Å². The molecule has 1 N–H and O–H groups in total. The number of rotatable bonds is 2. The summed E-state index contributed by atoms with van der Waals surface area (Å²) in [6, 6.07) is 0. The van der Waals surface area contributed by atoms with Crippen LogP contribution in [-0.2, 0) is 9.59 Å². The summed E-state index contributed by atoms with van der Waals surface area (Å²) in [7, 11) is 0. The van der Waals surface area contributed by atoms with Gasteiger partial charge in [-0.3, -0.25) is 4.79 Å². The number of amides is 1. The molecule has 1 unspecified atom stereocenters. The molecule has 4 heteroatoms. The molecule has 0 aromatic carbocycles. The molecule has 0 spiro atoms. The molecule has 4 nitrogen and oxygen atoms in total. The summed E-state index contributed by atoms with van der Waals surface area (Å²) >= 11 is 0. The van der Waals surface area contributed by atoms with Gasteiger partial charge in [0.1, 0.15) is 5.54 Å². The first-order chi connectivity index (χ1) is 7.90. The monoisotopic (exact) mass is 239 g/mol. The van der Waals surface area contributed by atoms with Crippen molar-refractivity contribution in [3.63, 3.8) is 0 Å². The van der Waals surface area contributed by atoms with Gasteiger partial charge in [0.2, 0.25) is 5.91 Å². The highest BCUT2D eigenvalue weighted by Crippen LogP contribution is 2.42. The van der Waals surface area contributed by atoms with E-state index in [1.165, 1.54) is 0 Å². The van der Waals surface area contributed by atoms with Crippen LogP contribution < -0.4 is 0 Å². The first-order valence-electron chi connectivity index (χ1n) is 6.46. The highest BCUT2D eigenvalue weighted by Gasteiger charge is 2.50. The van der Waals surface area contributed by atoms with Crippen LogP contribution in [0.15, 0.2) is 0 Å². The van der Waals surface area contributed by atoms with Crippen molar-refractivity contribution in [3.05, 3.63) is 0 Å². The Bertz CT molecular complexity index is 347. The number of hydrogen-bond acceptors (Lipinski definition) is 2. The van der Waals surface area contributed by atoms with Gasteiger partial charge in [-0.05, 0) is 32.6 Å². The molecule has 1 aliphatic heterocycles. The van der Waals surface area contributed by atoms with E-state index in [9.17, 15) is 14.7 Å². The SMILES string of the molecule is CC1(C(=O)N2CCCC2(C)C(=O)O)CCCC1. The maximum absolute atomic E-state index is 12.6. The number of hydrogen-bond donors (Lipinski definition) is 1. The Morgan fingerprint density at radius 1 is 1.06 bits per heavy atom. The number of carbonyl (C=O) groups excluding carboxylic acids is 1. The zero-order valence-electron chi connectivity index (χ0n) is 10.7. The van der Waals surface area contributed by atoms with E-state index in [1.807, 2.05) is 6.92 Å². The van der Waals surface area contributed by atoms with Gasteiger partial charge in [-0.2, -0.15) is 0 Å². The minimum atomic E-state index is -0.983. The lowest BCUT2D eigenvalue weighted by molar-refractivity contribution is -0.159. The van der Waals surface area contributed by atoms with E-state index in [4.69, 9.17) is 0 Å². The van der Waals surface area contributed by atoms with E-state index in [0.29, 0.717) is 13.0 Å². The number of carboxylic acid groups (broad SMARTS) is 1. The van der Waals surface area contributed by atoms with Crippen molar-refractivity contribution in [2.45, 2.75) is 57.9 Å². The largest absolute Gasteiger partial charge is 0.480 e. The predicted octanol–water partition coefficient (Wildman–Crippen LogP) is 2.03. The third-order valence-electron chi connectivity index (χ3n) is 4.57. The van der Waals surface area contributed by atoms with Gasteiger partial charge in [0.15, 0.2) is 0 Å². The van der Waals surface area contributed by atoms with Crippen molar-refractivity contribution in [3.8, 4) is 0 Å². The summed E-state index contributed by atoms with van der Waals surface area (Å²) in [6.45, 7) is 4.26. The van der Waals surface area contributed by atoms with Crippen molar-refractivity contribution >= 4 is 11.9 Å². The minimum Gasteiger partial charge on any atom is -0.480 e. The van der Waals surface area contributed by atoms with Gasteiger partial charge in [-0.25, -0.2) is 4.79 Å². The summed E-state index contributed by atoms with van der Waals surface area (Å²) in [5.74, 6) is -0.817. The van der Waals surface area contributed by atoms with Crippen LogP contribution in [0.4, 0.5) is 0 Å². The predicted molar refractivity (Wildman–Crippen MR) is 63.6 cm³/mol. The average molecular weight is 239 g/mol. The molecule has 0 bridgehead atoms. The fourth-order valence-corrected chi connectivity index (χ4v) is 3.21. The number of aliphatic carboxylic acids is 1. The van der Waals surface area contributed by atoms with Gasteiger partial charge in [0, 0.05) is 12.0 Å². The lowest BCUT2D eigenvalue weighted by atomic mass is 9.85. The van der Waals surface area contributed by atoms with Gasteiger partial charge < -0.3 is 10.0 Å². The molecular formula is C13H21NO3. The molecule has 0 aromatic heterocycles. The zero-order chi connectivity index (χ0) is 12.7. The van der Waals surface area contributed by atoms with Gasteiger partial charge in [-0.1, -0.05) is 19.8 Å². The van der Waals surface area contributed by atoms with Gasteiger partial charge in [0.05, 0.1) is 0 Å². The quantitative estimate of drug-likeness (QED) is 0.802. The highest BCUT2D eigenvalue weighted by atomic mass is 16.4. The van der Waals surface area contributed by atoms with Gasteiger partial charge >= 0.3 is 5.97 Å². The van der Waals surface area contributed by atoms with E-state index in [-0.39, 0.29) is 11.3 Å². The second kappa shape index (κ2) is 4.00. The molecule has 0 radical (unpaired) electrons. The van der Waals surface area contributed by atoms with Crippen LogP contribution in [-0.4, -0.2) is 34.0 Å². The normalized spacial score (nSPS) is 31.8. The van der Waals surface area contributed by atoms with Crippen molar-refractivity contribution in [1.29, 1.82) is 0 Å². The molecule has 1 aliphatic carbocycles. The molecule has 1 amide bonds. The van der Waals surface area contributed by atoms with Gasteiger partial charge in [-0.15, -0.1) is 0 Å². The fourth-order valence-electron chi connectivity index (χ4n) is 3.21. The number of likely N-dealkylation sites (tertiary alicyclic amines) is 1. The Labute approximate surface area is 102 Å². The Morgan fingerprint density at radius 2 is 1.65 bits per heavy atom. The third kappa shape index (κ3) is 1.83. The Hall–Kier alpha value is -1.06. The summed E-state index contributed by atoms with van der Waals surface area (Å²) < 4.78 is 0. The number of nitrogens with zero attached hydrogens (tertiary/aromatic N) is 1. The average Bonchev–Trinajstić information content (AvgIpc) is 2.86. The maximum Gasteiger partial charge on any atom is 0.329 e. The van der Waals surface area contributed by atoms with Crippen LogP contribution in [0.5, 0.6) is 0 Å². The maximum atomic E-state index is 12.6. The van der Waals surface area contributed by atoms with Crippen molar-refractivity contribution in [2.24, 2.45) is 5.41 Å². The van der Waals surface area contributed by atoms with Crippen molar-refractivity contribution in [1.82, 2.24) is 4.90 Å². The highest BCUT2D eigenvalue weighted by molar-refractivity contribution is 5.90. The number of carboxylic acids is 1. The first kappa shape index (κ1) is 12.4. The summed E-state index contributed by atoms with van der Waals surface area (Å²) in [6.07, 6.45) is 5.34. The second-order valence-corrected chi connectivity index (χ2v) is 5.91. The first-order valence-corrected chi connectivity index (χ1v) is 6.46. The molecule has 0 aromatic rings. The Morgan fingerprint density at radius 3 is 2.18 bits per heavy atom. The molecule has 1 heterocycles. The van der Waals surface area contributed by atoms with Crippen molar-refractivity contribution in [2.75, 3.05) is 6.54 Å². The molecule has 1 saturated heterocycles. The van der Waals surface area contributed by atoms with E-state index >= 15 is 0 Å². The van der Waals surface area contributed by atoms with E-state index < -0.39 is 11.5 Å². The smallest absolute Gasteiger partial charge is 0.329 e. The topological polar surface area (TPSA) is 57.6 Å². The lowest BCUT2D eigenvalue weighted by Crippen LogP contribution is -2.54. The summed E-state index contributed by atoms with van der Waals surface area (Å²) in [5, 5.41) is 9.32. The summed E-state index contributed by atoms with van der Waals surface area (Å²) in [5.41, 5.74) is -1.30. The molecule has 96 valence electrons. The molecule has 1 atom stereocenters. The standard InChI is InChI=1S/C13H21NO3/c1-12(6-3-4-7-12)10(15)14-9-5-8-13(14,2)11(16)17/h3-9H2,1-2H3,(H,16,17). The van der Waals surface area contributed by atoms with Crippen molar-refractivity contribution < 1.29 is 14.7 Å². The van der Waals surface area contributed by atoms with E-state index in [1.54, 1.807) is 11.8 Å². The number of carbonyl (C=O) groups is 2. The molecular weight excluding hydrogens is 218 g/mol. The summed E-state index contributed by atoms with van der Waals surface area (Å²) in [4.78, 5) is 25.5. The van der Waals surface area contributed by atoms with E-state index in [0.717, 1.165) is 32.1 Å².